The summed E-state index contributed by atoms with van der Waals surface area (Å²) in [4.78, 5) is 28.5. The summed E-state index contributed by atoms with van der Waals surface area (Å²) in [6.07, 6.45) is 0.691. The Hall–Kier alpha value is -2.98. The zero-order valence-electron chi connectivity index (χ0n) is 24.0. The van der Waals surface area contributed by atoms with E-state index >= 15 is 0 Å². The first-order chi connectivity index (χ1) is 19.8. The van der Waals surface area contributed by atoms with Crippen LogP contribution in [0.25, 0.3) is 0 Å². The van der Waals surface area contributed by atoms with Crippen LogP contribution in [-0.4, -0.2) is 50.9 Å². The fraction of sp³-hybridized carbons (Fsp3) is 0.333. The molecule has 0 fully saturated rings. The Morgan fingerprint density at radius 3 is 2.19 bits per heavy atom. The second kappa shape index (κ2) is 14.5. The summed E-state index contributed by atoms with van der Waals surface area (Å²) in [5, 5.41) is 3.77. The Bertz CT molecular complexity index is 1530. The molecule has 0 aliphatic carbocycles. The van der Waals surface area contributed by atoms with Crippen molar-refractivity contribution in [2.75, 3.05) is 18.0 Å². The zero-order chi connectivity index (χ0) is 31.2. The van der Waals surface area contributed by atoms with Crippen molar-refractivity contribution in [3.63, 3.8) is 0 Å². The highest BCUT2D eigenvalue weighted by atomic mass is 35.5. The van der Waals surface area contributed by atoms with Crippen LogP contribution in [0.1, 0.15) is 38.3 Å². The van der Waals surface area contributed by atoms with Crippen molar-refractivity contribution in [3.05, 3.63) is 86.9 Å². The minimum atomic E-state index is -4.25. The molecule has 42 heavy (non-hydrogen) atoms. The molecule has 2 atom stereocenters. The van der Waals surface area contributed by atoms with Crippen molar-refractivity contribution >= 4 is 62.3 Å². The molecular weight excluding hydrogens is 621 g/mol. The number of amides is 2. The van der Waals surface area contributed by atoms with Crippen molar-refractivity contribution in [2.45, 2.75) is 57.6 Å². The summed E-state index contributed by atoms with van der Waals surface area (Å²) in [5.41, 5.74) is 1.56. The van der Waals surface area contributed by atoms with Crippen LogP contribution in [0.5, 0.6) is 5.75 Å². The predicted molar refractivity (Wildman–Crippen MR) is 168 cm³/mol. The molecular formula is C30H34Cl3N3O5S. The number of sulfonamides is 1. The number of nitrogens with zero attached hydrogens (tertiary/aromatic N) is 2. The number of aryl methyl sites for hydroxylation is 1. The number of halogens is 3. The van der Waals surface area contributed by atoms with E-state index in [-0.39, 0.29) is 34.1 Å². The number of benzene rings is 3. The molecule has 0 unspecified atom stereocenters. The third-order valence-electron chi connectivity index (χ3n) is 6.84. The number of carbonyl (C=O) groups excluding carboxylic acids is 2. The Morgan fingerprint density at radius 1 is 0.952 bits per heavy atom. The topological polar surface area (TPSA) is 96.0 Å². The van der Waals surface area contributed by atoms with E-state index in [4.69, 9.17) is 39.5 Å². The number of methoxy groups -OCH3 is 1. The highest BCUT2D eigenvalue weighted by Crippen LogP contribution is 2.32. The van der Waals surface area contributed by atoms with E-state index in [1.54, 1.807) is 37.3 Å². The highest BCUT2D eigenvalue weighted by Gasteiger charge is 2.33. The molecule has 1 N–H and O–H groups in total. The van der Waals surface area contributed by atoms with Gasteiger partial charge in [-0.2, -0.15) is 0 Å². The molecule has 0 bridgehead atoms. The predicted octanol–water partition coefficient (Wildman–Crippen LogP) is 6.49. The summed E-state index contributed by atoms with van der Waals surface area (Å²) >= 11 is 18.9. The highest BCUT2D eigenvalue weighted by molar-refractivity contribution is 7.92. The van der Waals surface area contributed by atoms with E-state index in [2.05, 4.69) is 5.32 Å². The first kappa shape index (κ1) is 33.5. The lowest BCUT2D eigenvalue weighted by Gasteiger charge is -2.32. The molecule has 0 saturated heterocycles. The first-order valence-corrected chi connectivity index (χ1v) is 15.8. The number of carbonyl (C=O) groups is 2. The quantitative estimate of drug-likeness (QED) is 0.241. The molecule has 3 rings (SSSR count). The average molecular weight is 655 g/mol. The smallest absolute Gasteiger partial charge is 0.264 e. The van der Waals surface area contributed by atoms with Crippen molar-refractivity contribution in [3.8, 4) is 5.75 Å². The number of nitrogens with one attached hydrogen (secondary N) is 1. The van der Waals surface area contributed by atoms with Crippen LogP contribution in [0.4, 0.5) is 5.69 Å². The average Bonchev–Trinajstić information content (AvgIpc) is 2.95. The van der Waals surface area contributed by atoms with Gasteiger partial charge in [-0.3, -0.25) is 13.9 Å². The van der Waals surface area contributed by atoms with Crippen molar-refractivity contribution in [1.82, 2.24) is 10.2 Å². The van der Waals surface area contributed by atoms with Crippen LogP contribution in [0.15, 0.2) is 65.6 Å². The van der Waals surface area contributed by atoms with E-state index in [0.29, 0.717) is 27.8 Å². The molecule has 8 nitrogen and oxygen atoms in total. The standard InChI is InChI=1S/C30H34Cl3N3O5S/c1-6-20(3)34-30(38)21(4)35(17-22-9-10-23(31)15-26(22)32)29(37)18-36(24-11-14-28(41-5)27(33)16-24)42(39,40)25-12-7-19(2)8-13-25/h7-16,20-21H,6,17-18H2,1-5H3,(H,34,38)/t20-,21-/m1/s1. The molecule has 0 aliphatic heterocycles. The van der Waals surface area contributed by atoms with Gasteiger partial charge in [0.2, 0.25) is 11.8 Å². The van der Waals surface area contributed by atoms with E-state index < -0.39 is 28.5 Å². The maximum Gasteiger partial charge on any atom is 0.264 e. The largest absolute Gasteiger partial charge is 0.495 e. The molecule has 0 spiro atoms. The van der Waals surface area contributed by atoms with Crippen LogP contribution in [-0.2, 0) is 26.2 Å². The minimum Gasteiger partial charge on any atom is -0.495 e. The molecule has 3 aromatic carbocycles. The normalized spacial score (nSPS) is 12.8. The summed E-state index contributed by atoms with van der Waals surface area (Å²) in [7, 11) is -2.81. The number of hydrogen-bond acceptors (Lipinski definition) is 5. The summed E-state index contributed by atoms with van der Waals surface area (Å²) in [6.45, 7) is 6.53. The van der Waals surface area contributed by atoms with Crippen molar-refractivity contribution in [2.24, 2.45) is 0 Å². The zero-order valence-corrected chi connectivity index (χ0v) is 27.1. The van der Waals surface area contributed by atoms with E-state index in [1.807, 2.05) is 20.8 Å². The number of ether oxygens (including phenoxy) is 1. The minimum absolute atomic E-state index is 0.0114. The van der Waals surface area contributed by atoms with Gasteiger partial charge in [0.1, 0.15) is 18.3 Å². The van der Waals surface area contributed by atoms with Crippen molar-refractivity contribution < 1.29 is 22.7 Å². The van der Waals surface area contributed by atoms with Gasteiger partial charge < -0.3 is 15.0 Å². The Kier molecular flexibility index (Phi) is 11.5. The maximum atomic E-state index is 14.1. The molecule has 2 amide bonds. The third kappa shape index (κ3) is 8.10. The van der Waals surface area contributed by atoms with Gasteiger partial charge >= 0.3 is 0 Å². The van der Waals surface area contributed by atoms with Gasteiger partial charge in [0, 0.05) is 22.6 Å². The second-order valence-corrected chi connectivity index (χ2v) is 13.0. The van der Waals surface area contributed by atoms with Crippen LogP contribution in [0.3, 0.4) is 0 Å². The van der Waals surface area contributed by atoms with Crippen molar-refractivity contribution in [1.29, 1.82) is 0 Å². The van der Waals surface area contributed by atoms with Crippen LogP contribution in [0, 0.1) is 6.92 Å². The molecule has 12 heteroatoms. The summed E-state index contributed by atoms with van der Waals surface area (Å²) in [6, 6.07) is 14.5. The van der Waals surface area contributed by atoms with Crippen LogP contribution < -0.4 is 14.4 Å². The van der Waals surface area contributed by atoms with Gasteiger partial charge in [-0.15, -0.1) is 0 Å². The molecule has 0 saturated carbocycles. The van der Waals surface area contributed by atoms with Gasteiger partial charge in [-0.25, -0.2) is 8.42 Å². The van der Waals surface area contributed by atoms with Gasteiger partial charge in [0.15, 0.2) is 0 Å². The Labute approximate surface area is 262 Å². The summed E-state index contributed by atoms with van der Waals surface area (Å²) < 4.78 is 34.1. The van der Waals surface area contributed by atoms with E-state index in [9.17, 15) is 18.0 Å². The number of hydrogen-bond donors (Lipinski definition) is 1. The van der Waals surface area contributed by atoms with E-state index in [1.165, 1.54) is 42.3 Å². The monoisotopic (exact) mass is 653 g/mol. The number of anilines is 1. The van der Waals surface area contributed by atoms with E-state index in [0.717, 1.165) is 9.87 Å². The Morgan fingerprint density at radius 2 is 1.62 bits per heavy atom. The van der Waals surface area contributed by atoms with Crippen LogP contribution >= 0.6 is 34.8 Å². The molecule has 0 aromatic heterocycles. The lowest BCUT2D eigenvalue weighted by atomic mass is 10.1. The van der Waals surface area contributed by atoms with Gasteiger partial charge in [0.05, 0.1) is 22.7 Å². The molecule has 3 aromatic rings. The fourth-order valence-electron chi connectivity index (χ4n) is 4.06. The van der Waals surface area contributed by atoms with Gasteiger partial charge in [-0.1, -0.05) is 65.5 Å². The second-order valence-electron chi connectivity index (χ2n) is 9.89. The lowest BCUT2D eigenvalue weighted by Crippen LogP contribution is -2.52. The third-order valence-corrected chi connectivity index (χ3v) is 9.51. The fourth-order valence-corrected chi connectivity index (χ4v) is 6.18. The maximum absolute atomic E-state index is 14.1. The molecule has 0 radical (unpaired) electrons. The summed E-state index contributed by atoms with van der Waals surface area (Å²) in [5.74, 6) is -0.674. The Balaban J connectivity index is 2.08. The number of rotatable bonds is 12. The SMILES string of the molecule is CC[C@@H](C)NC(=O)[C@@H](C)N(Cc1ccc(Cl)cc1Cl)C(=O)CN(c1ccc(OC)c(Cl)c1)S(=O)(=O)c1ccc(C)cc1. The first-order valence-electron chi connectivity index (χ1n) is 13.2. The molecule has 0 aliphatic rings. The molecule has 226 valence electrons. The lowest BCUT2D eigenvalue weighted by molar-refractivity contribution is -0.139. The van der Waals surface area contributed by atoms with Gasteiger partial charge in [-0.05, 0) is 75.2 Å². The van der Waals surface area contributed by atoms with Gasteiger partial charge in [0.25, 0.3) is 10.0 Å². The molecule has 0 heterocycles. The van der Waals surface area contributed by atoms with Crippen LogP contribution in [0.2, 0.25) is 15.1 Å².